The van der Waals surface area contributed by atoms with E-state index in [9.17, 15) is 4.79 Å². The maximum Gasteiger partial charge on any atom is 0.250 e. The van der Waals surface area contributed by atoms with Crippen molar-refractivity contribution in [3.8, 4) is 0 Å². The fourth-order valence-electron chi connectivity index (χ4n) is 2.01. The molecule has 92 valence electrons. The van der Waals surface area contributed by atoms with Crippen molar-refractivity contribution in [3.63, 3.8) is 0 Å². The van der Waals surface area contributed by atoms with E-state index in [2.05, 4.69) is 22.3 Å². The van der Waals surface area contributed by atoms with Gasteiger partial charge in [0, 0.05) is 26.7 Å². The number of nitrogens with one attached hydrogen (secondary N) is 1. The highest BCUT2D eigenvalue weighted by Crippen LogP contribution is 2.10. The molecule has 0 spiro atoms. The highest BCUT2D eigenvalue weighted by Gasteiger charge is 2.25. The predicted molar refractivity (Wildman–Crippen MR) is 65.5 cm³/mol. The van der Waals surface area contributed by atoms with Crippen LogP contribution >= 0.6 is 0 Å². The van der Waals surface area contributed by atoms with Crippen molar-refractivity contribution >= 4 is 5.91 Å². The lowest BCUT2D eigenvalue weighted by Gasteiger charge is -2.31. The number of carbonyl (C=O) groups is 1. The second-order valence-corrected chi connectivity index (χ2v) is 4.19. The summed E-state index contributed by atoms with van der Waals surface area (Å²) in [7, 11) is 1.64. The van der Waals surface area contributed by atoms with Gasteiger partial charge < -0.3 is 10.1 Å². The summed E-state index contributed by atoms with van der Waals surface area (Å²) in [6.45, 7) is 3.03. The number of amides is 1. The Kier molecular flexibility index (Phi) is 4.12. The van der Waals surface area contributed by atoms with Gasteiger partial charge in [-0.25, -0.2) is 0 Å². The number of likely N-dealkylation sites (N-methyl/N-ethyl adjacent to an activating group) is 1. The molecule has 1 aliphatic rings. The van der Waals surface area contributed by atoms with Crippen LogP contribution in [0.15, 0.2) is 30.3 Å². The number of morpholine rings is 1. The molecule has 4 nitrogen and oxygen atoms in total. The summed E-state index contributed by atoms with van der Waals surface area (Å²) in [5.74, 6) is -0.0391. The summed E-state index contributed by atoms with van der Waals surface area (Å²) in [6.07, 6.45) is -0.336. The fourth-order valence-corrected chi connectivity index (χ4v) is 2.01. The quantitative estimate of drug-likeness (QED) is 0.834. The third-order valence-corrected chi connectivity index (χ3v) is 2.94. The van der Waals surface area contributed by atoms with E-state index in [0.29, 0.717) is 13.2 Å². The van der Waals surface area contributed by atoms with Crippen LogP contribution in [0.1, 0.15) is 5.56 Å². The van der Waals surface area contributed by atoms with Gasteiger partial charge in [0.25, 0.3) is 0 Å². The van der Waals surface area contributed by atoms with E-state index < -0.39 is 0 Å². The van der Waals surface area contributed by atoms with E-state index >= 15 is 0 Å². The largest absolute Gasteiger partial charge is 0.366 e. The number of benzene rings is 1. The molecule has 0 saturated carbocycles. The van der Waals surface area contributed by atoms with Gasteiger partial charge in [0.1, 0.15) is 6.10 Å². The first-order valence-corrected chi connectivity index (χ1v) is 5.89. The van der Waals surface area contributed by atoms with Gasteiger partial charge in [-0.05, 0) is 5.56 Å². The highest BCUT2D eigenvalue weighted by atomic mass is 16.5. The van der Waals surface area contributed by atoms with Crippen molar-refractivity contribution < 1.29 is 9.53 Å². The Hall–Kier alpha value is -1.39. The number of nitrogens with zero attached hydrogens (tertiary/aromatic N) is 1. The van der Waals surface area contributed by atoms with Crippen LogP contribution in [0.3, 0.4) is 0 Å². The van der Waals surface area contributed by atoms with Gasteiger partial charge in [0.05, 0.1) is 6.61 Å². The topological polar surface area (TPSA) is 41.6 Å². The summed E-state index contributed by atoms with van der Waals surface area (Å²) < 4.78 is 5.44. The van der Waals surface area contributed by atoms with Gasteiger partial charge >= 0.3 is 0 Å². The average Bonchev–Trinajstić information content (AvgIpc) is 2.39. The van der Waals surface area contributed by atoms with Crippen LogP contribution in [-0.4, -0.2) is 43.7 Å². The van der Waals surface area contributed by atoms with E-state index in [4.69, 9.17) is 4.74 Å². The Morgan fingerprint density at radius 3 is 2.94 bits per heavy atom. The summed E-state index contributed by atoms with van der Waals surface area (Å²) in [6, 6.07) is 10.3. The van der Waals surface area contributed by atoms with Crippen molar-refractivity contribution in [1.82, 2.24) is 10.2 Å². The molecular formula is C13H18N2O2. The van der Waals surface area contributed by atoms with Crippen molar-refractivity contribution in [2.45, 2.75) is 12.6 Å². The highest BCUT2D eigenvalue weighted by molar-refractivity contribution is 5.80. The number of hydrogen-bond acceptors (Lipinski definition) is 3. The van der Waals surface area contributed by atoms with E-state index in [-0.39, 0.29) is 12.0 Å². The first kappa shape index (κ1) is 12.1. The summed E-state index contributed by atoms with van der Waals surface area (Å²) in [5, 5.41) is 2.63. The predicted octanol–water partition coefficient (Wildman–Crippen LogP) is 0.633. The molecule has 1 atom stereocenters. The zero-order valence-corrected chi connectivity index (χ0v) is 10.1. The lowest BCUT2D eigenvalue weighted by Crippen LogP contribution is -2.48. The van der Waals surface area contributed by atoms with Crippen molar-refractivity contribution in [2.24, 2.45) is 0 Å². The van der Waals surface area contributed by atoms with Gasteiger partial charge in [-0.15, -0.1) is 0 Å². The first-order valence-electron chi connectivity index (χ1n) is 5.89. The van der Waals surface area contributed by atoms with Crippen molar-refractivity contribution in [1.29, 1.82) is 0 Å². The Labute approximate surface area is 102 Å². The van der Waals surface area contributed by atoms with Gasteiger partial charge in [0.15, 0.2) is 0 Å². The first-order chi connectivity index (χ1) is 8.29. The summed E-state index contributed by atoms with van der Waals surface area (Å²) in [5.41, 5.74) is 1.27. The standard InChI is InChI=1S/C13H18N2O2/c1-14-13(16)12-10-15(7-8-17-12)9-11-5-3-2-4-6-11/h2-6,12H,7-10H2,1H3,(H,14,16)/t12-/m0/s1. The molecule has 2 rings (SSSR count). The molecule has 0 unspecified atom stereocenters. The molecule has 1 aliphatic heterocycles. The fraction of sp³-hybridized carbons (Fsp3) is 0.462. The minimum Gasteiger partial charge on any atom is -0.366 e. The second kappa shape index (κ2) is 5.80. The number of hydrogen-bond donors (Lipinski definition) is 1. The molecular weight excluding hydrogens is 216 g/mol. The molecule has 1 aromatic carbocycles. The Morgan fingerprint density at radius 2 is 2.24 bits per heavy atom. The number of ether oxygens (including phenoxy) is 1. The van der Waals surface area contributed by atoms with Crippen LogP contribution < -0.4 is 5.32 Å². The third kappa shape index (κ3) is 3.28. The van der Waals surface area contributed by atoms with Crippen molar-refractivity contribution in [3.05, 3.63) is 35.9 Å². The molecule has 1 fully saturated rings. The minimum atomic E-state index is -0.336. The summed E-state index contributed by atoms with van der Waals surface area (Å²) in [4.78, 5) is 13.8. The second-order valence-electron chi connectivity index (χ2n) is 4.19. The maximum atomic E-state index is 11.5. The zero-order chi connectivity index (χ0) is 12.1. The maximum absolute atomic E-state index is 11.5. The Bertz CT molecular complexity index is 367. The molecule has 1 aromatic rings. The Balaban J connectivity index is 1.92. The Morgan fingerprint density at radius 1 is 1.47 bits per heavy atom. The zero-order valence-electron chi connectivity index (χ0n) is 10.1. The minimum absolute atomic E-state index is 0.0391. The van der Waals surface area contributed by atoms with E-state index in [0.717, 1.165) is 13.1 Å². The molecule has 0 bridgehead atoms. The number of carbonyl (C=O) groups excluding carboxylic acids is 1. The van der Waals surface area contributed by atoms with Crippen molar-refractivity contribution in [2.75, 3.05) is 26.7 Å². The molecule has 0 radical (unpaired) electrons. The van der Waals surface area contributed by atoms with Crippen LogP contribution in [-0.2, 0) is 16.1 Å². The van der Waals surface area contributed by atoms with Gasteiger partial charge in [-0.1, -0.05) is 30.3 Å². The molecule has 1 heterocycles. The van der Waals surface area contributed by atoms with E-state index in [1.54, 1.807) is 7.05 Å². The van der Waals surface area contributed by atoms with Crippen LogP contribution in [0.4, 0.5) is 0 Å². The van der Waals surface area contributed by atoms with Crippen LogP contribution in [0.2, 0.25) is 0 Å². The molecule has 1 saturated heterocycles. The van der Waals surface area contributed by atoms with E-state index in [1.807, 2.05) is 18.2 Å². The SMILES string of the molecule is CNC(=O)[C@@H]1CN(Cc2ccccc2)CCO1. The molecule has 17 heavy (non-hydrogen) atoms. The third-order valence-electron chi connectivity index (χ3n) is 2.94. The summed E-state index contributed by atoms with van der Waals surface area (Å²) >= 11 is 0. The lowest BCUT2D eigenvalue weighted by molar-refractivity contribution is -0.138. The normalized spacial score (nSPS) is 21.1. The number of rotatable bonds is 3. The molecule has 0 aromatic heterocycles. The molecule has 1 N–H and O–H groups in total. The van der Waals surface area contributed by atoms with Gasteiger partial charge in [0.2, 0.25) is 5.91 Å². The van der Waals surface area contributed by atoms with Crippen LogP contribution in [0.25, 0.3) is 0 Å². The van der Waals surface area contributed by atoms with E-state index in [1.165, 1.54) is 5.56 Å². The molecule has 0 aliphatic carbocycles. The molecule has 4 heteroatoms. The average molecular weight is 234 g/mol. The molecule has 1 amide bonds. The lowest BCUT2D eigenvalue weighted by atomic mass is 10.2. The smallest absolute Gasteiger partial charge is 0.250 e. The van der Waals surface area contributed by atoms with Gasteiger partial charge in [-0.2, -0.15) is 0 Å². The van der Waals surface area contributed by atoms with Gasteiger partial charge in [-0.3, -0.25) is 9.69 Å². The monoisotopic (exact) mass is 234 g/mol. The van der Waals surface area contributed by atoms with Crippen LogP contribution in [0, 0.1) is 0 Å². The van der Waals surface area contributed by atoms with Crippen LogP contribution in [0.5, 0.6) is 0 Å².